The standard InChI is InChI=1S/C19H18FN3O3S/c1-12-2-3-17(26-12)19-22-16(11-27-19)18(24)21-14-8-13(20)9-15(10-14)23-4-6-25-7-5-23/h2-3,8-11H,4-7H2,1H3,(H,21,24). The van der Waals surface area contributed by atoms with E-state index in [9.17, 15) is 9.18 Å². The number of hydrogen-bond acceptors (Lipinski definition) is 6. The lowest BCUT2D eigenvalue weighted by Crippen LogP contribution is -2.36. The van der Waals surface area contributed by atoms with Crippen LogP contribution in [0.3, 0.4) is 0 Å². The molecule has 1 amide bonds. The fourth-order valence-corrected chi connectivity index (χ4v) is 3.65. The van der Waals surface area contributed by atoms with Crippen molar-refractivity contribution in [2.75, 3.05) is 36.5 Å². The molecule has 0 unspecified atom stereocenters. The maximum absolute atomic E-state index is 14.0. The predicted molar refractivity (Wildman–Crippen MR) is 102 cm³/mol. The Bertz CT molecular complexity index is 963. The summed E-state index contributed by atoms with van der Waals surface area (Å²) in [5.74, 6) is 0.608. The molecule has 27 heavy (non-hydrogen) atoms. The van der Waals surface area contributed by atoms with Crippen LogP contribution in [0.25, 0.3) is 10.8 Å². The molecule has 1 aliphatic heterocycles. The van der Waals surface area contributed by atoms with Crippen molar-refractivity contribution in [2.45, 2.75) is 6.92 Å². The number of rotatable bonds is 4. The molecular weight excluding hydrogens is 369 g/mol. The number of morpholine rings is 1. The summed E-state index contributed by atoms with van der Waals surface area (Å²) in [4.78, 5) is 18.9. The summed E-state index contributed by atoms with van der Waals surface area (Å²) in [7, 11) is 0. The number of nitrogens with one attached hydrogen (secondary N) is 1. The predicted octanol–water partition coefficient (Wildman–Crippen LogP) is 3.94. The van der Waals surface area contributed by atoms with E-state index >= 15 is 0 Å². The van der Waals surface area contributed by atoms with E-state index in [1.54, 1.807) is 11.4 Å². The minimum Gasteiger partial charge on any atom is -0.459 e. The van der Waals surface area contributed by atoms with Crippen LogP contribution in [0.4, 0.5) is 15.8 Å². The van der Waals surface area contributed by atoms with Crippen molar-refractivity contribution >= 4 is 28.6 Å². The second-order valence-electron chi connectivity index (χ2n) is 6.20. The van der Waals surface area contributed by atoms with Gasteiger partial charge in [-0.25, -0.2) is 9.37 Å². The van der Waals surface area contributed by atoms with Crippen molar-refractivity contribution in [1.29, 1.82) is 0 Å². The molecule has 8 heteroatoms. The van der Waals surface area contributed by atoms with E-state index < -0.39 is 5.82 Å². The van der Waals surface area contributed by atoms with Gasteiger partial charge in [-0.3, -0.25) is 4.79 Å². The van der Waals surface area contributed by atoms with Crippen LogP contribution < -0.4 is 10.2 Å². The van der Waals surface area contributed by atoms with Gasteiger partial charge in [0, 0.05) is 29.8 Å². The number of aryl methyl sites for hydroxylation is 1. The Morgan fingerprint density at radius 1 is 1.26 bits per heavy atom. The van der Waals surface area contributed by atoms with Gasteiger partial charge in [0.05, 0.1) is 13.2 Å². The number of furan rings is 1. The van der Waals surface area contributed by atoms with Gasteiger partial charge in [-0.15, -0.1) is 11.3 Å². The summed E-state index contributed by atoms with van der Waals surface area (Å²) in [6.07, 6.45) is 0. The summed E-state index contributed by atoms with van der Waals surface area (Å²) in [6.45, 7) is 4.43. The number of ether oxygens (including phenoxy) is 1. The van der Waals surface area contributed by atoms with Crippen LogP contribution in [-0.4, -0.2) is 37.2 Å². The van der Waals surface area contributed by atoms with E-state index in [-0.39, 0.29) is 11.6 Å². The molecule has 0 spiro atoms. The highest BCUT2D eigenvalue weighted by Crippen LogP contribution is 2.27. The molecule has 1 aliphatic rings. The second-order valence-corrected chi connectivity index (χ2v) is 7.06. The van der Waals surface area contributed by atoms with Gasteiger partial charge in [0.15, 0.2) is 10.8 Å². The molecule has 140 valence electrons. The third-order valence-electron chi connectivity index (χ3n) is 4.20. The lowest BCUT2D eigenvalue weighted by Gasteiger charge is -2.29. The number of carbonyl (C=O) groups is 1. The molecule has 6 nitrogen and oxygen atoms in total. The van der Waals surface area contributed by atoms with Crippen molar-refractivity contribution in [3.05, 3.63) is 53.0 Å². The van der Waals surface area contributed by atoms with Gasteiger partial charge < -0.3 is 19.4 Å². The van der Waals surface area contributed by atoms with Gasteiger partial charge in [0.2, 0.25) is 0 Å². The molecule has 2 aromatic heterocycles. The Kier molecular flexibility index (Phi) is 4.91. The number of anilines is 2. The molecule has 1 saturated heterocycles. The zero-order chi connectivity index (χ0) is 18.8. The second kappa shape index (κ2) is 7.50. The highest BCUT2D eigenvalue weighted by Gasteiger charge is 2.17. The number of hydrogen-bond donors (Lipinski definition) is 1. The Morgan fingerprint density at radius 2 is 2.07 bits per heavy atom. The average Bonchev–Trinajstić information content (AvgIpc) is 3.31. The number of nitrogens with zero attached hydrogens (tertiary/aromatic N) is 2. The summed E-state index contributed by atoms with van der Waals surface area (Å²) in [5, 5.41) is 5.01. The molecule has 4 rings (SSSR count). The third-order valence-corrected chi connectivity index (χ3v) is 5.06. The minimum atomic E-state index is -0.403. The van der Waals surface area contributed by atoms with Crippen molar-refractivity contribution in [3.63, 3.8) is 0 Å². The Hall–Kier alpha value is -2.71. The van der Waals surface area contributed by atoms with Gasteiger partial charge in [-0.1, -0.05) is 0 Å². The first-order chi connectivity index (χ1) is 13.1. The van der Waals surface area contributed by atoms with E-state index in [1.165, 1.54) is 23.5 Å². The zero-order valence-electron chi connectivity index (χ0n) is 14.7. The first-order valence-electron chi connectivity index (χ1n) is 8.55. The van der Waals surface area contributed by atoms with E-state index in [0.717, 1.165) is 11.4 Å². The van der Waals surface area contributed by atoms with E-state index in [2.05, 4.69) is 10.3 Å². The quantitative estimate of drug-likeness (QED) is 0.734. The molecule has 0 saturated carbocycles. The number of thiazole rings is 1. The van der Waals surface area contributed by atoms with Crippen LogP contribution in [-0.2, 0) is 4.74 Å². The highest BCUT2D eigenvalue weighted by atomic mass is 32.1. The monoisotopic (exact) mass is 387 g/mol. The topological polar surface area (TPSA) is 67.6 Å². The lowest BCUT2D eigenvalue weighted by atomic mass is 10.2. The minimum absolute atomic E-state index is 0.265. The van der Waals surface area contributed by atoms with Gasteiger partial charge in [-0.2, -0.15) is 0 Å². The molecule has 1 aromatic carbocycles. The van der Waals surface area contributed by atoms with Crippen molar-refractivity contribution in [3.8, 4) is 10.8 Å². The number of amides is 1. The molecule has 0 radical (unpaired) electrons. The Labute approximate surface area is 159 Å². The molecular formula is C19H18FN3O3S. The van der Waals surface area contributed by atoms with Gasteiger partial charge in [0.25, 0.3) is 5.91 Å². The van der Waals surface area contributed by atoms with Crippen LogP contribution in [0.1, 0.15) is 16.2 Å². The molecule has 0 bridgehead atoms. The molecule has 3 aromatic rings. The van der Waals surface area contributed by atoms with Crippen LogP contribution in [0.2, 0.25) is 0 Å². The van der Waals surface area contributed by atoms with Crippen molar-refractivity contribution < 1.29 is 18.3 Å². The zero-order valence-corrected chi connectivity index (χ0v) is 15.5. The van der Waals surface area contributed by atoms with Crippen LogP contribution in [0.15, 0.2) is 40.1 Å². The normalized spacial score (nSPS) is 14.4. The molecule has 1 fully saturated rings. The largest absolute Gasteiger partial charge is 0.459 e. The maximum atomic E-state index is 14.0. The number of carbonyl (C=O) groups excluding carboxylic acids is 1. The van der Waals surface area contributed by atoms with Crippen molar-refractivity contribution in [2.24, 2.45) is 0 Å². The molecule has 0 aliphatic carbocycles. The maximum Gasteiger partial charge on any atom is 0.275 e. The van der Waals surface area contributed by atoms with Gasteiger partial charge >= 0.3 is 0 Å². The average molecular weight is 387 g/mol. The summed E-state index contributed by atoms with van der Waals surface area (Å²) < 4.78 is 24.9. The lowest BCUT2D eigenvalue weighted by molar-refractivity contribution is 0.102. The fraction of sp³-hybridized carbons (Fsp3) is 0.263. The smallest absolute Gasteiger partial charge is 0.275 e. The first-order valence-corrected chi connectivity index (χ1v) is 9.43. The van der Waals surface area contributed by atoms with Crippen LogP contribution in [0, 0.1) is 12.7 Å². The van der Waals surface area contributed by atoms with Crippen molar-refractivity contribution in [1.82, 2.24) is 4.98 Å². The first kappa shape index (κ1) is 17.7. The summed E-state index contributed by atoms with van der Waals surface area (Å²) in [6, 6.07) is 8.18. The summed E-state index contributed by atoms with van der Waals surface area (Å²) >= 11 is 1.32. The number of aromatic nitrogens is 1. The molecule has 0 atom stereocenters. The van der Waals surface area contributed by atoms with Gasteiger partial charge in [0.1, 0.15) is 17.3 Å². The van der Waals surface area contributed by atoms with E-state index in [0.29, 0.717) is 42.8 Å². The SMILES string of the molecule is Cc1ccc(-c2nc(C(=O)Nc3cc(F)cc(N4CCOCC4)c3)cs2)o1. The fourth-order valence-electron chi connectivity index (χ4n) is 2.89. The van der Waals surface area contributed by atoms with E-state index in [1.807, 2.05) is 24.0 Å². The third kappa shape index (κ3) is 4.01. The highest BCUT2D eigenvalue weighted by molar-refractivity contribution is 7.13. The number of halogens is 1. The van der Waals surface area contributed by atoms with Crippen LogP contribution >= 0.6 is 11.3 Å². The van der Waals surface area contributed by atoms with Gasteiger partial charge in [-0.05, 0) is 37.3 Å². The number of benzene rings is 1. The summed E-state index contributed by atoms with van der Waals surface area (Å²) in [5.41, 5.74) is 1.38. The van der Waals surface area contributed by atoms with E-state index in [4.69, 9.17) is 9.15 Å². The Morgan fingerprint density at radius 3 is 2.81 bits per heavy atom. The van der Waals surface area contributed by atoms with Crippen LogP contribution in [0.5, 0.6) is 0 Å². The Balaban J connectivity index is 1.51. The molecule has 1 N–H and O–H groups in total. The molecule has 3 heterocycles.